The minimum absolute atomic E-state index is 0.0627. The average molecular weight is 304 g/mol. The van der Waals surface area contributed by atoms with Gasteiger partial charge in [0.15, 0.2) is 6.10 Å². The summed E-state index contributed by atoms with van der Waals surface area (Å²) in [4.78, 5) is 28.0. The zero-order valence-electron chi connectivity index (χ0n) is 12.7. The molecule has 2 heterocycles. The smallest absolute Gasteiger partial charge is 0.267 e. The molecule has 1 aromatic carbocycles. The van der Waals surface area contributed by atoms with Crippen LogP contribution >= 0.6 is 0 Å². The molecule has 6 nitrogen and oxygen atoms in total. The number of hydrogen-bond acceptors (Lipinski definition) is 4. The van der Waals surface area contributed by atoms with Crippen LogP contribution in [0.1, 0.15) is 13.3 Å². The van der Waals surface area contributed by atoms with E-state index in [9.17, 15) is 9.59 Å². The molecule has 1 saturated heterocycles. The lowest BCUT2D eigenvalue weighted by Gasteiger charge is -2.33. The topological polar surface area (TPSA) is 59.1 Å². The second kappa shape index (κ2) is 6.36. The fourth-order valence-electron chi connectivity index (χ4n) is 2.77. The predicted molar refractivity (Wildman–Crippen MR) is 80.9 cm³/mol. The lowest BCUT2D eigenvalue weighted by atomic mass is 10.1. The molecule has 0 spiro atoms. The fraction of sp³-hybridized carbons (Fsp3) is 0.500. The third kappa shape index (κ3) is 2.92. The van der Waals surface area contributed by atoms with E-state index in [2.05, 4.69) is 0 Å². The van der Waals surface area contributed by atoms with Gasteiger partial charge in [-0.15, -0.1) is 0 Å². The number of carbonyl (C=O) groups is 2. The number of hydrogen-bond donors (Lipinski definition) is 0. The minimum Gasteiger partial charge on any atom is -0.479 e. The van der Waals surface area contributed by atoms with Gasteiger partial charge in [0.2, 0.25) is 5.91 Å². The number of anilines is 1. The molecule has 2 aliphatic heterocycles. The van der Waals surface area contributed by atoms with Crippen molar-refractivity contribution in [2.45, 2.75) is 19.4 Å². The van der Waals surface area contributed by atoms with Crippen molar-refractivity contribution < 1.29 is 19.1 Å². The molecule has 1 unspecified atom stereocenters. The lowest BCUT2D eigenvalue weighted by Crippen LogP contribution is -2.47. The van der Waals surface area contributed by atoms with Gasteiger partial charge in [-0.25, -0.2) is 0 Å². The van der Waals surface area contributed by atoms with Crippen molar-refractivity contribution in [2.75, 3.05) is 37.7 Å². The monoisotopic (exact) mass is 304 g/mol. The van der Waals surface area contributed by atoms with Crippen LogP contribution in [0.25, 0.3) is 0 Å². The van der Waals surface area contributed by atoms with Crippen LogP contribution in [0.2, 0.25) is 0 Å². The highest BCUT2D eigenvalue weighted by Crippen LogP contribution is 2.33. The van der Waals surface area contributed by atoms with E-state index in [1.807, 2.05) is 24.3 Å². The van der Waals surface area contributed by atoms with Crippen LogP contribution in [0.3, 0.4) is 0 Å². The van der Waals surface area contributed by atoms with Crippen LogP contribution in [-0.4, -0.2) is 55.7 Å². The van der Waals surface area contributed by atoms with Crippen LogP contribution in [0.15, 0.2) is 24.3 Å². The number of para-hydroxylation sites is 2. The highest BCUT2D eigenvalue weighted by molar-refractivity contribution is 6.00. The summed E-state index contributed by atoms with van der Waals surface area (Å²) in [5.74, 6) is 0.648. The van der Waals surface area contributed by atoms with Gasteiger partial charge in [-0.2, -0.15) is 0 Å². The maximum atomic E-state index is 12.3. The van der Waals surface area contributed by atoms with Gasteiger partial charge in [-0.05, 0) is 19.1 Å². The van der Waals surface area contributed by atoms with Crippen molar-refractivity contribution in [3.63, 3.8) is 0 Å². The van der Waals surface area contributed by atoms with Crippen molar-refractivity contribution >= 4 is 17.5 Å². The van der Waals surface area contributed by atoms with Gasteiger partial charge >= 0.3 is 0 Å². The van der Waals surface area contributed by atoms with Crippen molar-refractivity contribution in [3.05, 3.63) is 24.3 Å². The summed E-state index contributed by atoms with van der Waals surface area (Å²) in [6.45, 7) is 4.53. The first-order valence-electron chi connectivity index (χ1n) is 7.59. The molecule has 0 aliphatic carbocycles. The summed E-state index contributed by atoms with van der Waals surface area (Å²) in [6, 6.07) is 7.42. The van der Waals surface area contributed by atoms with Crippen molar-refractivity contribution in [1.82, 2.24) is 4.90 Å². The van der Waals surface area contributed by atoms with Crippen molar-refractivity contribution in [1.29, 1.82) is 0 Å². The Labute approximate surface area is 129 Å². The second-order valence-corrected chi connectivity index (χ2v) is 5.46. The molecule has 6 heteroatoms. The third-order valence-electron chi connectivity index (χ3n) is 3.99. The Kier molecular flexibility index (Phi) is 4.29. The van der Waals surface area contributed by atoms with Gasteiger partial charge in [0.05, 0.1) is 18.9 Å². The maximum Gasteiger partial charge on any atom is 0.267 e. The Morgan fingerprint density at radius 1 is 1.27 bits per heavy atom. The quantitative estimate of drug-likeness (QED) is 0.837. The van der Waals surface area contributed by atoms with E-state index in [0.29, 0.717) is 45.0 Å². The minimum atomic E-state index is -0.520. The SMILES string of the molecule is CC1Oc2ccccc2N(CCC(=O)N2CCOCC2)C1=O. The Hall–Kier alpha value is -2.08. The number of morpholine rings is 1. The standard InChI is InChI=1S/C16H20N2O4/c1-12-16(20)18(13-4-2-3-5-14(13)22-12)7-6-15(19)17-8-10-21-11-9-17/h2-5,12H,6-11H2,1H3. The first-order chi connectivity index (χ1) is 10.7. The van der Waals surface area contributed by atoms with Gasteiger partial charge in [0, 0.05) is 26.1 Å². The van der Waals surface area contributed by atoms with Gasteiger partial charge < -0.3 is 19.3 Å². The van der Waals surface area contributed by atoms with E-state index in [4.69, 9.17) is 9.47 Å². The molecule has 0 aromatic heterocycles. The fourth-order valence-corrected chi connectivity index (χ4v) is 2.77. The summed E-state index contributed by atoms with van der Waals surface area (Å²) in [5, 5.41) is 0. The Bertz CT molecular complexity index is 569. The molecule has 1 fully saturated rings. The molecular weight excluding hydrogens is 284 g/mol. The van der Waals surface area contributed by atoms with Crippen LogP contribution in [0.4, 0.5) is 5.69 Å². The highest BCUT2D eigenvalue weighted by atomic mass is 16.5. The maximum absolute atomic E-state index is 12.3. The number of fused-ring (bicyclic) bond motifs is 1. The van der Waals surface area contributed by atoms with Crippen molar-refractivity contribution in [3.8, 4) is 5.75 Å². The largest absolute Gasteiger partial charge is 0.479 e. The Morgan fingerprint density at radius 2 is 2.00 bits per heavy atom. The normalized spacial score (nSPS) is 21.3. The molecular formula is C16H20N2O4. The summed E-state index contributed by atoms with van der Waals surface area (Å²) in [6.07, 6.45) is -0.208. The molecule has 0 bridgehead atoms. The summed E-state index contributed by atoms with van der Waals surface area (Å²) < 4.78 is 10.8. The summed E-state index contributed by atoms with van der Waals surface area (Å²) in [5.41, 5.74) is 0.736. The predicted octanol–water partition coefficient (Wildman–Crippen LogP) is 1.05. The number of rotatable bonds is 3. The number of amides is 2. The molecule has 0 saturated carbocycles. The molecule has 118 valence electrons. The zero-order chi connectivity index (χ0) is 15.5. The van der Waals surface area contributed by atoms with Gasteiger partial charge in [-0.3, -0.25) is 9.59 Å². The molecule has 2 amide bonds. The van der Waals surface area contributed by atoms with E-state index in [1.54, 1.807) is 16.7 Å². The lowest BCUT2D eigenvalue weighted by molar-refractivity contribution is -0.135. The molecule has 3 rings (SSSR count). The van der Waals surface area contributed by atoms with E-state index in [0.717, 1.165) is 5.69 Å². The van der Waals surface area contributed by atoms with E-state index in [-0.39, 0.29) is 11.8 Å². The van der Waals surface area contributed by atoms with Crippen LogP contribution in [0.5, 0.6) is 5.75 Å². The van der Waals surface area contributed by atoms with Gasteiger partial charge in [-0.1, -0.05) is 12.1 Å². The highest BCUT2D eigenvalue weighted by Gasteiger charge is 2.31. The van der Waals surface area contributed by atoms with E-state index >= 15 is 0 Å². The summed E-state index contributed by atoms with van der Waals surface area (Å²) >= 11 is 0. The first-order valence-corrected chi connectivity index (χ1v) is 7.59. The molecule has 22 heavy (non-hydrogen) atoms. The average Bonchev–Trinajstić information content (AvgIpc) is 2.56. The Morgan fingerprint density at radius 3 is 2.77 bits per heavy atom. The van der Waals surface area contributed by atoms with Crippen LogP contribution in [0, 0.1) is 0 Å². The van der Waals surface area contributed by atoms with E-state index < -0.39 is 6.10 Å². The zero-order valence-corrected chi connectivity index (χ0v) is 12.7. The molecule has 1 atom stereocenters. The molecule has 0 radical (unpaired) electrons. The third-order valence-corrected chi connectivity index (χ3v) is 3.99. The molecule has 1 aromatic rings. The Balaban J connectivity index is 1.68. The summed E-state index contributed by atoms with van der Waals surface area (Å²) in [7, 11) is 0. The molecule has 2 aliphatic rings. The van der Waals surface area contributed by atoms with Crippen molar-refractivity contribution in [2.24, 2.45) is 0 Å². The number of benzene rings is 1. The van der Waals surface area contributed by atoms with Crippen LogP contribution in [-0.2, 0) is 14.3 Å². The van der Waals surface area contributed by atoms with E-state index in [1.165, 1.54) is 0 Å². The second-order valence-electron chi connectivity index (χ2n) is 5.46. The first kappa shape index (κ1) is 14.8. The number of nitrogens with zero attached hydrogens (tertiary/aromatic N) is 2. The van der Waals surface area contributed by atoms with Gasteiger partial charge in [0.25, 0.3) is 5.91 Å². The number of ether oxygens (including phenoxy) is 2. The van der Waals surface area contributed by atoms with Gasteiger partial charge in [0.1, 0.15) is 5.75 Å². The van der Waals surface area contributed by atoms with Crippen LogP contribution < -0.4 is 9.64 Å². The number of carbonyl (C=O) groups excluding carboxylic acids is 2. The molecule has 0 N–H and O–H groups in total.